The maximum atomic E-state index is 10.3. The molecule has 5 N–H and O–H groups in total. The summed E-state index contributed by atoms with van der Waals surface area (Å²) in [7, 11) is 0. The fraction of sp³-hybridized carbons (Fsp3) is 0.875. The molecule has 0 aromatic carbocycles. The van der Waals surface area contributed by atoms with E-state index >= 15 is 0 Å². The lowest BCUT2D eigenvalue weighted by Crippen LogP contribution is -2.40. The number of rotatable bonds is 17. The third-order valence-electron chi connectivity index (χ3n) is 5.41. The van der Waals surface area contributed by atoms with E-state index in [2.05, 4.69) is 19.1 Å². The first-order chi connectivity index (χ1) is 14.9. The minimum absolute atomic E-state index is 0.00287. The Labute approximate surface area is 188 Å². The molecule has 184 valence electrons. The molecule has 0 radical (unpaired) electrons. The second kappa shape index (κ2) is 20.9. The molecular formula is C24H46O7. The van der Waals surface area contributed by atoms with E-state index in [0.717, 1.165) is 12.8 Å². The first-order valence-corrected chi connectivity index (χ1v) is 12.1. The van der Waals surface area contributed by atoms with Crippen LogP contribution in [-0.4, -0.2) is 69.1 Å². The maximum Gasteiger partial charge on any atom is 0.303 e. The van der Waals surface area contributed by atoms with Gasteiger partial charge in [-0.05, 0) is 32.1 Å². The first kappa shape index (κ1) is 30.0. The number of carboxylic acid groups (broad SMARTS) is 1. The molecule has 31 heavy (non-hydrogen) atoms. The van der Waals surface area contributed by atoms with E-state index in [4.69, 9.17) is 30.3 Å². The van der Waals surface area contributed by atoms with Crippen LogP contribution < -0.4 is 0 Å². The zero-order valence-electron chi connectivity index (χ0n) is 19.3. The number of aliphatic carboxylic acids is 1. The van der Waals surface area contributed by atoms with E-state index in [-0.39, 0.29) is 6.61 Å². The van der Waals surface area contributed by atoms with Crippen LogP contribution in [0.25, 0.3) is 0 Å². The predicted octanol–water partition coefficient (Wildman–Crippen LogP) is 3.57. The number of aliphatic hydroxyl groups is 4. The van der Waals surface area contributed by atoms with Crippen LogP contribution in [0.3, 0.4) is 0 Å². The zero-order valence-corrected chi connectivity index (χ0v) is 19.3. The van der Waals surface area contributed by atoms with Crippen molar-refractivity contribution in [2.75, 3.05) is 13.2 Å². The third-order valence-corrected chi connectivity index (χ3v) is 5.41. The zero-order chi connectivity index (χ0) is 23.3. The van der Waals surface area contributed by atoms with Crippen molar-refractivity contribution < 1.29 is 35.1 Å². The Morgan fingerprint density at radius 1 is 0.935 bits per heavy atom. The van der Waals surface area contributed by atoms with Crippen LogP contribution in [0, 0.1) is 0 Å². The molecule has 0 aliphatic carbocycles. The molecule has 1 aliphatic heterocycles. The Bertz CT molecular complexity index is 442. The van der Waals surface area contributed by atoms with Gasteiger partial charge in [0.05, 0.1) is 13.2 Å². The second-order valence-corrected chi connectivity index (χ2v) is 8.33. The molecule has 1 heterocycles. The normalized spacial score (nSPS) is 21.8. The average molecular weight is 447 g/mol. The van der Waals surface area contributed by atoms with E-state index in [1.807, 2.05) is 0 Å². The van der Waals surface area contributed by atoms with Gasteiger partial charge in [-0.15, -0.1) is 0 Å². The molecule has 0 amide bonds. The molecule has 7 nitrogen and oxygen atoms in total. The van der Waals surface area contributed by atoms with Gasteiger partial charge < -0.3 is 30.3 Å². The maximum absolute atomic E-state index is 10.3. The SMILES string of the molecule is CCCCCCCC/C=C/CCCCCCCC(=O)O.OCC(O)C1OCC(O)C1O. The second-order valence-electron chi connectivity index (χ2n) is 8.33. The summed E-state index contributed by atoms with van der Waals surface area (Å²) >= 11 is 0. The topological polar surface area (TPSA) is 127 Å². The van der Waals surface area contributed by atoms with Gasteiger partial charge in [0.25, 0.3) is 0 Å². The average Bonchev–Trinajstić information content (AvgIpc) is 3.09. The molecular weight excluding hydrogens is 400 g/mol. The van der Waals surface area contributed by atoms with Crippen LogP contribution in [0.15, 0.2) is 12.2 Å². The van der Waals surface area contributed by atoms with Gasteiger partial charge in [0, 0.05) is 6.42 Å². The fourth-order valence-electron chi connectivity index (χ4n) is 3.42. The minimum Gasteiger partial charge on any atom is -0.481 e. The molecule has 7 heteroatoms. The summed E-state index contributed by atoms with van der Waals surface area (Å²) in [4.78, 5) is 10.3. The van der Waals surface area contributed by atoms with E-state index in [9.17, 15) is 4.79 Å². The molecule has 0 saturated carbocycles. The summed E-state index contributed by atoms with van der Waals surface area (Å²) in [5.74, 6) is -0.664. The number of hydrogen-bond acceptors (Lipinski definition) is 6. The highest BCUT2D eigenvalue weighted by Crippen LogP contribution is 2.17. The number of unbranched alkanes of at least 4 members (excludes halogenated alkanes) is 11. The smallest absolute Gasteiger partial charge is 0.303 e. The van der Waals surface area contributed by atoms with Crippen LogP contribution in [0.5, 0.6) is 0 Å². The monoisotopic (exact) mass is 446 g/mol. The van der Waals surface area contributed by atoms with Crippen molar-refractivity contribution >= 4 is 5.97 Å². The van der Waals surface area contributed by atoms with Crippen LogP contribution in [0.4, 0.5) is 0 Å². The van der Waals surface area contributed by atoms with Gasteiger partial charge in [0.1, 0.15) is 24.4 Å². The van der Waals surface area contributed by atoms with E-state index in [1.165, 1.54) is 70.6 Å². The molecule has 0 bridgehead atoms. The number of carbonyl (C=O) groups is 1. The van der Waals surface area contributed by atoms with Crippen LogP contribution in [0.2, 0.25) is 0 Å². The highest BCUT2D eigenvalue weighted by molar-refractivity contribution is 5.66. The summed E-state index contributed by atoms with van der Waals surface area (Å²) in [6, 6.07) is 0. The van der Waals surface area contributed by atoms with Crippen molar-refractivity contribution in [3.63, 3.8) is 0 Å². The van der Waals surface area contributed by atoms with Gasteiger partial charge in [0.2, 0.25) is 0 Å². The lowest BCUT2D eigenvalue weighted by Gasteiger charge is -2.18. The van der Waals surface area contributed by atoms with Crippen molar-refractivity contribution in [1.82, 2.24) is 0 Å². The van der Waals surface area contributed by atoms with Gasteiger partial charge >= 0.3 is 5.97 Å². The molecule has 4 unspecified atom stereocenters. The Morgan fingerprint density at radius 2 is 1.45 bits per heavy atom. The fourth-order valence-corrected chi connectivity index (χ4v) is 3.42. The molecule has 0 spiro atoms. The number of aliphatic hydroxyl groups excluding tert-OH is 4. The number of hydrogen-bond donors (Lipinski definition) is 5. The first-order valence-electron chi connectivity index (χ1n) is 12.1. The summed E-state index contributed by atoms with van der Waals surface area (Å²) in [5, 5.41) is 44.0. The standard InChI is InChI=1S/C18H34O2.C6H12O5/c1-2-3-4-5-6-7-8-9-10-11-12-13-14-15-16-17-18(19)20;7-1-3(8)6-5(10)4(9)2-11-6/h9-10H,2-8,11-17H2,1H3,(H,19,20);3-10H,1-2H2/b10-9+;. The quantitative estimate of drug-likeness (QED) is 0.171. The van der Waals surface area contributed by atoms with Gasteiger partial charge in [-0.2, -0.15) is 0 Å². The minimum atomic E-state index is -1.12. The number of allylic oxidation sites excluding steroid dienone is 2. The highest BCUT2D eigenvalue weighted by Gasteiger charge is 2.38. The molecule has 1 fully saturated rings. The van der Waals surface area contributed by atoms with Gasteiger partial charge in [-0.25, -0.2) is 0 Å². The lowest BCUT2D eigenvalue weighted by molar-refractivity contribution is -0.137. The van der Waals surface area contributed by atoms with E-state index in [0.29, 0.717) is 6.42 Å². The van der Waals surface area contributed by atoms with Crippen molar-refractivity contribution in [3.8, 4) is 0 Å². The van der Waals surface area contributed by atoms with Gasteiger partial charge in [-0.3, -0.25) is 4.79 Å². The summed E-state index contributed by atoms with van der Waals surface area (Å²) < 4.78 is 4.82. The summed E-state index contributed by atoms with van der Waals surface area (Å²) in [6.45, 7) is 1.78. The molecule has 0 aromatic heterocycles. The molecule has 1 rings (SSSR count). The Kier molecular flexibility index (Phi) is 20.2. The van der Waals surface area contributed by atoms with Gasteiger partial charge in [0.15, 0.2) is 0 Å². The third kappa shape index (κ3) is 17.3. The Morgan fingerprint density at radius 3 is 1.90 bits per heavy atom. The molecule has 0 aromatic rings. The summed E-state index contributed by atoms with van der Waals surface area (Å²) in [6.07, 6.45) is 17.2. The largest absolute Gasteiger partial charge is 0.481 e. The number of ether oxygens (including phenoxy) is 1. The van der Waals surface area contributed by atoms with Gasteiger partial charge in [-0.1, -0.05) is 70.4 Å². The van der Waals surface area contributed by atoms with Crippen molar-refractivity contribution in [3.05, 3.63) is 12.2 Å². The van der Waals surface area contributed by atoms with Crippen LogP contribution in [0.1, 0.15) is 96.8 Å². The molecule has 1 aliphatic rings. The van der Waals surface area contributed by atoms with E-state index in [1.54, 1.807) is 0 Å². The van der Waals surface area contributed by atoms with Crippen LogP contribution in [-0.2, 0) is 9.53 Å². The summed E-state index contributed by atoms with van der Waals surface area (Å²) in [5.41, 5.74) is 0. The highest BCUT2D eigenvalue weighted by atomic mass is 16.5. The number of carboxylic acids is 1. The predicted molar refractivity (Wildman–Crippen MR) is 122 cm³/mol. The van der Waals surface area contributed by atoms with Crippen molar-refractivity contribution in [1.29, 1.82) is 0 Å². The molecule has 4 atom stereocenters. The van der Waals surface area contributed by atoms with Crippen LogP contribution >= 0.6 is 0 Å². The Balaban J connectivity index is 0.000000683. The lowest BCUT2D eigenvalue weighted by atomic mass is 10.1. The van der Waals surface area contributed by atoms with Crippen molar-refractivity contribution in [2.24, 2.45) is 0 Å². The van der Waals surface area contributed by atoms with Crippen molar-refractivity contribution in [2.45, 2.75) is 121 Å². The Hall–Kier alpha value is -0.990. The molecule has 1 saturated heterocycles. The van der Waals surface area contributed by atoms with E-state index < -0.39 is 37.0 Å².